The van der Waals surface area contributed by atoms with Gasteiger partial charge < -0.3 is 14.6 Å². The van der Waals surface area contributed by atoms with E-state index in [-0.39, 0.29) is 6.54 Å². The Kier molecular flexibility index (Phi) is 3.57. The van der Waals surface area contributed by atoms with Gasteiger partial charge in [0, 0.05) is 0 Å². The summed E-state index contributed by atoms with van der Waals surface area (Å²) in [7, 11) is 3.89. The van der Waals surface area contributed by atoms with Gasteiger partial charge >= 0.3 is 5.97 Å². The predicted molar refractivity (Wildman–Crippen MR) is 74.2 cm³/mol. The highest BCUT2D eigenvalue weighted by Gasteiger charge is 2.14. The van der Waals surface area contributed by atoms with Crippen LogP contribution in [-0.2, 0) is 17.9 Å². The number of carboxylic acids is 1. The molecule has 1 heterocycles. The van der Waals surface area contributed by atoms with E-state index in [0.717, 1.165) is 22.4 Å². The molecule has 0 aliphatic carbocycles. The monoisotopic (exact) mass is 261 g/mol. The molecule has 2 rings (SSSR count). The molecule has 0 spiro atoms. The number of rotatable bonds is 4. The summed E-state index contributed by atoms with van der Waals surface area (Å²) in [5, 5.41) is 9.06. The number of nitrogens with zero attached hydrogens (tertiary/aromatic N) is 3. The van der Waals surface area contributed by atoms with Crippen LogP contribution in [0.3, 0.4) is 0 Å². The maximum Gasteiger partial charge on any atom is 0.323 e. The van der Waals surface area contributed by atoms with Crippen LogP contribution in [0.25, 0.3) is 11.0 Å². The topological polar surface area (TPSA) is 58.4 Å². The molecule has 0 bridgehead atoms. The molecule has 1 aromatic carbocycles. The molecule has 5 nitrogen and oxygen atoms in total. The van der Waals surface area contributed by atoms with E-state index in [2.05, 4.69) is 4.98 Å². The minimum atomic E-state index is -0.850. The third kappa shape index (κ3) is 2.76. The zero-order valence-electron chi connectivity index (χ0n) is 11.8. The Labute approximate surface area is 112 Å². The van der Waals surface area contributed by atoms with E-state index in [1.54, 1.807) is 4.57 Å². The van der Waals surface area contributed by atoms with Crippen LogP contribution in [0.15, 0.2) is 12.1 Å². The van der Waals surface area contributed by atoms with Gasteiger partial charge in [-0.25, -0.2) is 4.98 Å². The molecule has 0 saturated carbocycles. The molecule has 0 aliphatic heterocycles. The largest absolute Gasteiger partial charge is 0.480 e. The average Bonchev–Trinajstić information content (AvgIpc) is 2.56. The van der Waals surface area contributed by atoms with Crippen molar-refractivity contribution in [3.63, 3.8) is 0 Å². The Morgan fingerprint density at radius 2 is 1.95 bits per heavy atom. The van der Waals surface area contributed by atoms with Gasteiger partial charge in [0.05, 0.1) is 17.6 Å². The number of aliphatic carboxylic acids is 1. The highest BCUT2D eigenvalue weighted by Crippen LogP contribution is 2.21. The molecule has 102 valence electrons. The molecule has 0 radical (unpaired) electrons. The first-order chi connectivity index (χ1) is 8.88. The van der Waals surface area contributed by atoms with Gasteiger partial charge in [-0.1, -0.05) is 0 Å². The minimum absolute atomic E-state index is 0.0534. The first-order valence-corrected chi connectivity index (χ1v) is 6.21. The van der Waals surface area contributed by atoms with Crippen LogP contribution in [0.1, 0.15) is 17.0 Å². The third-order valence-electron chi connectivity index (χ3n) is 3.19. The molecule has 0 aliphatic rings. The Morgan fingerprint density at radius 3 is 2.53 bits per heavy atom. The highest BCUT2D eigenvalue weighted by molar-refractivity contribution is 5.80. The number of imidazole rings is 1. The lowest BCUT2D eigenvalue weighted by Gasteiger charge is -2.11. The van der Waals surface area contributed by atoms with Gasteiger partial charge in [-0.15, -0.1) is 0 Å². The van der Waals surface area contributed by atoms with Gasteiger partial charge in [-0.3, -0.25) is 4.79 Å². The Bertz CT molecular complexity index is 629. The molecule has 19 heavy (non-hydrogen) atoms. The van der Waals surface area contributed by atoms with Crippen LogP contribution in [0.5, 0.6) is 0 Å². The van der Waals surface area contributed by atoms with Gasteiger partial charge in [-0.05, 0) is 51.2 Å². The lowest BCUT2D eigenvalue weighted by atomic mass is 10.1. The van der Waals surface area contributed by atoms with Crippen molar-refractivity contribution < 1.29 is 9.90 Å². The van der Waals surface area contributed by atoms with Gasteiger partial charge in [0.1, 0.15) is 12.4 Å². The zero-order chi connectivity index (χ0) is 14.2. The van der Waals surface area contributed by atoms with Crippen LogP contribution >= 0.6 is 0 Å². The van der Waals surface area contributed by atoms with Crippen LogP contribution in [0.2, 0.25) is 0 Å². The molecular weight excluding hydrogens is 242 g/mol. The van der Waals surface area contributed by atoms with Crippen LogP contribution in [0.4, 0.5) is 0 Å². The van der Waals surface area contributed by atoms with Crippen LogP contribution in [-0.4, -0.2) is 39.6 Å². The van der Waals surface area contributed by atoms with E-state index in [9.17, 15) is 4.79 Å². The molecule has 5 heteroatoms. The van der Waals surface area contributed by atoms with Crippen LogP contribution < -0.4 is 0 Å². The Balaban J connectivity index is 2.62. The van der Waals surface area contributed by atoms with E-state index < -0.39 is 5.97 Å². The number of hydrogen-bond acceptors (Lipinski definition) is 3. The molecule has 0 fully saturated rings. The fourth-order valence-corrected chi connectivity index (χ4v) is 2.15. The van der Waals surface area contributed by atoms with Crippen molar-refractivity contribution in [3.05, 3.63) is 29.1 Å². The SMILES string of the molecule is Cc1cc2nc(CN(C)C)n(CC(=O)O)c2cc1C. The van der Waals surface area contributed by atoms with Gasteiger partial charge in [0.2, 0.25) is 0 Å². The van der Waals surface area contributed by atoms with Crippen molar-refractivity contribution in [2.45, 2.75) is 26.9 Å². The molecule has 1 aromatic heterocycles. The van der Waals surface area contributed by atoms with Crippen LogP contribution in [0, 0.1) is 13.8 Å². The number of aryl methyl sites for hydroxylation is 2. The highest BCUT2D eigenvalue weighted by atomic mass is 16.4. The summed E-state index contributed by atoms with van der Waals surface area (Å²) in [6.07, 6.45) is 0. The summed E-state index contributed by atoms with van der Waals surface area (Å²) in [5.41, 5.74) is 4.07. The number of carboxylic acid groups (broad SMARTS) is 1. The predicted octanol–water partition coefficient (Wildman–Crippen LogP) is 1.80. The molecule has 2 aromatic rings. The van der Waals surface area contributed by atoms with E-state index in [1.807, 2.05) is 45.0 Å². The summed E-state index contributed by atoms with van der Waals surface area (Å²) in [5.74, 6) is -0.0649. The summed E-state index contributed by atoms with van der Waals surface area (Å²) >= 11 is 0. The van der Waals surface area contributed by atoms with Crippen molar-refractivity contribution in [2.24, 2.45) is 0 Å². The number of fused-ring (bicyclic) bond motifs is 1. The van der Waals surface area contributed by atoms with Crippen molar-refractivity contribution in [3.8, 4) is 0 Å². The van der Waals surface area contributed by atoms with E-state index in [1.165, 1.54) is 5.56 Å². The molecule has 0 amide bonds. The molecule has 0 unspecified atom stereocenters. The smallest absolute Gasteiger partial charge is 0.323 e. The summed E-state index contributed by atoms with van der Waals surface area (Å²) in [4.78, 5) is 17.6. The van der Waals surface area contributed by atoms with E-state index in [4.69, 9.17) is 5.11 Å². The maximum absolute atomic E-state index is 11.0. The van der Waals surface area contributed by atoms with Crippen molar-refractivity contribution in [2.75, 3.05) is 14.1 Å². The van der Waals surface area contributed by atoms with Gasteiger partial charge in [-0.2, -0.15) is 0 Å². The summed E-state index contributed by atoms with van der Waals surface area (Å²) in [6, 6.07) is 4.03. The summed E-state index contributed by atoms with van der Waals surface area (Å²) < 4.78 is 1.78. The first-order valence-electron chi connectivity index (χ1n) is 6.21. The first kappa shape index (κ1) is 13.5. The van der Waals surface area contributed by atoms with E-state index in [0.29, 0.717) is 6.54 Å². The number of carbonyl (C=O) groups is 1. The van der Waals surface area contributed by atoms with E-state index >= 15 is 0 Å². The quantitative estimate of drug-likeness (QED) is 0.911. The van der Waals surface area contributed by atoms with Crippen molar-refractivity contribution in [1.29, 1.82) is 0 Å². The molecule has 0 saturated heterocycles. The Morgan fingerprint density at radius 1 is 1.32 bits per heavy atom. The molecular formula is C14H19N3O2. The fourth-order valence-electron chi connectivity index (χ4n) is 2.15. The second-order valence-corrected chi connectivity index (χ2v) is 5.17. The number of hydrogen-bond donors (Lipinski definition) is 1. The standard InChI is InChI=1S/C14H19N3O2/c1-9-5-11-12(6-10(9)2)17(8-14(18)19)13(15-11)7-16(3)4/h5-6H,7-8H2,1-4H3,(H,18,19). The average molecular weight is 261 g/mol. The lowest BCUT2D eigenvalue weighted by molar-refractivity contribution is -0.137. The molecule has 1 N–H and O–H groups in total. The second kappa shape index (κ2) is 5.01. The normalized spacial score (nSPS) is 11.4. The minimum Gasteiger partial charge on any atom is -0.480 e. The number of benzene rings is 1. The Hall–Kier alpha value is -1.88. The second-order valence-electron chi connectivity index (χ2n) is 5.17. The van der Waals surface area contributed by atoms with Crippen molar-refractivity contribution >= 4 is 17.0 Å². The number of aromatic nitrogens is 2. The third-order valence-corrected chi connectivity index (χ3v) is 3.19. The summed E-state index contributed by atoms with van der Waals surface area (Å²) in [6.45, 7) is 4.64. The lowest BCUT2D eigenvalue weighted by Crippen LogP contribution is -2.18. The van der Waals surface area contributed by atoms with Crippen molar-refractivity contribution in [1.82, 2.24) is 14.5 Å². The molecule has 0 atom stereocenters. The van der Waals surface area contributed by atoms with Gasteiger partial charge in [0.25, 0.3) is 0 Å². The fraction of sp³-hybridized carbons (Fsp3) is 0.429. The zero-order valence-corrected chi connectivity index (χ0v) is 11.8. The van der Waals surface area contributed by atoms with Gasteiger partial charge in [0.15, 0.2) is 0 Å². The maximum atomic E-state index is 11.0.